The van der Waals surface area contributed by atoms with Crippen molar-refractivity contribution in [3.05, 3.63) is 0 Å². The first-order valence-corrected chi connectivity index (χ1v) is 6.23. The van der Waals surface area contributed by atoms with E-state index in [2.05, 4.69) is 10.6 Å². The number of hydrogen-bond donors (Lipinski definition) is 3. The van der Waals surface area contributed by atoms with Gasteiger partial charge in [-0.3, -0.25) is 9.59 Å². The van der Waals surface area contributed by atoms with E-state index >= 15 is 0 Å². The molecule has 1 saturated carbocycles. The number of carbonyl (C=O) groups is 2. The Morgan fingerprint density at radius 1 is 1.35 bits per heavy atom. The molecule has 0 saturated heterocycles. The number of carbonyl (C=O) groups excluding carboxylic acids is 2. The highest BCUT2D eigenvalue weighted by Crippen LogP contribution is 2.29. The molecule has 5 heteroatoms. The van der Waals surface area contributed by atoms with E-state index in [0.29, 0.717) is 0 Å². The van der Waals surface area contributed by atoms with Crippen LogP contribution >= 0.6 is 0 Å². The minimum Gasteiger partial charge on any atom is -0.357 e. The molecule has 0 aromatic heterocycles. The molecule has 0 radical (unpaired) electrons. The summed E-state index contributed by atoms with van der Waals surface area (Å²) < 4.78 is 0. The fourth-order valence-corrected chi connectivity index (χ4v) is 2.43. The second kappa shape index (κ2) is 6.00. The fraction of sp³-hybridized carbons (Fsp3) is 0.833. The molecular formula is C12H23N3O2. The molecule has 0 heterocycles. The molecule has 0 aliphatic heterocycles. The molecule has 0 spiro atoms. The Kier molecular flexibility index (Phi) is 4.93. The van der Waals surface area contributed by atoms with E-state index in [-0.39, 0.29) is 29.7 Å². The van der Waals surface area contributed by atoms with Crippen LogP contribution in [0.5, 0.6) is 0 Å². The van der Waals surface area contributed by atoms with Gasteiger partial charge in [-0.05, 0) is 32.1 Å². The lowest BCUT2D eigenvalue weighted by Crippen LogP contribution is -2.48. The number of nitrogens with one attached hydrogen (secondary N) is 2. The van der Waals surface area contributed by atoms with Gasteiger partial charge in [0.05, 0.1) is 0 Å². The smallest absolute Gasteiger partial charge is 0.242 e. The Morgan fingerprint density at radius 3 is 2.53 bits per heavy atom. The van der Waals surface area contributed by atoms with Crippen molar-refractivity contribution < 1.29 is 9.59 Å². The lowest BCUT2D eigenvalue weighted by molar-refractivity contribution is -0.132. The Balaban J connectivity index is 2.50. The van der Waals surface area contributed by atoms with E-state index in [1.54, 1.807) is 14.0 Å². The number of rotatable bonds is 3. The average molecular weight is 241 g/mol. The van der Waals surface area contributed by atoms with Crippen LogP contribution in [0, 0.1) is 11.8 Å². The lowest BCUT2D eigenvalue weighted by atomic mass is 9.77. The summed E-state index contributed by atoms with van der Waals surface area (Å²) in [6.07, 6.45) is 2.58. The monoisotopic (exact) mass is 241 g/mol. The zero-order chi connectivity index (χ0) is 13.0. The van der Waals surface area contributed by atoms with E-state index in [1.165, 1.54) is 0 Å². The van der Waals surface area contributed by atoms with Gasteiger partial charge in [0.25, 0.3) is 0 Å². The summed E-state index contributed by atoms with van der Waals surface area (Å²) in [7, 11) is 1.56. The van der Waals surface area contributed by atoms with Crippen LogP contribution < -0.4 is 16.4 Å². The van der Waals surface area contributed by atoms with Crippen molar-refractivity contribution in [2.45, 2.75) is 45.2 Å². The molecule has 1 rings (SSSR count). The van der Waals surface area contributed by atoms with Crippen LogP contribution in [0.3, 0.4) is 0 Å². The van der Waals surface area contributed by atoms with Crippen molar-refractivity contribution in [2.24, 2.45) is 17.6 Å². The van der Waals surface area contributed by atoms with Gasteiger partial charge in [-0.2, -0.15) is 0 Å². The van der Waals surface area contributed by atoms with E-state index < -0.39 is 6.04 Å². The SMILES string of the molecule is CNC(=O)C(C)NC(=O)C1CCC(N)CC1C. The van der Waals surface area contributed by atoms with Crippen LogP contribution in [0.15, 0.2) is 0 Å². The second-order valence-corrected chi connectivity index (χ2v) is 5.00. The summed E-state index contributed by atoms with van der Waals surface area (Å²) in [6.45, 7) is 3.74. The van der Waals surface area contributed by atoms with Crippen molar-refractivity contribution >= 4 is 11.8 Å². The standard InChI is InChI=1S/C12H23N3O2/c1-7-6-9(13)4-5-10(7)12(17)15-8(2)11(16)14-3/h7-10H,4-6,13H2,1-3H3,(H,14,16)(H,15,17). The zero-order valence-electron chi connectivity index (χ0n) is 10.8. The highest BCUT2D eigenvalue weighted by atomic mass is 16.2. The van der Waals surface area contributed by atoms with E-state index in [1.807, 2.05) is 6.92 Å². The second-order valence-electron chi connectivity index (χ2n) is 5.00. The zero-order valence-corrected chi connectivity index (χ0v) is 10.8. The molecule has 4 atom stereocenters. The quantitative estimate of drug-likeness (QED) is 0.650. The lowest BCUT2D eigenvalue weighted by Gasteiger charge is -2.32. The molecule has 98 valence electrons. The fourth-order valence-electron chi connectivity index (χ4n) is 2.43. The molecule has 0 aromatic rings. The van der Waals surface area contributed by atoms with Crippen LogP contribution in [0.2, 0.25) is 0 Å². The summed E-state index contributed by atoms with van der Waals surface area (Å²) in [4.78, 5) is 23.3. The van der Waals surface area contributed by atoms with E-state index in [0.717, 1.165) is 19.3 Å². The van der Waals surface area contributed by atoms with Gasteiger partial charge >= 0.3 is 0 Å². The summed E-state index contributed by atoms with van der Waals surface area (Å²) in [6, 6.07) is -0.263. The molecule has 0 aromatic carbocycles. The molecule has 1 aliphatic carbocycles. The van der Waals surface area contributed by atoms with Crippen LogP contribution in [0.4, 0.5) is 0 Å². The first-order chi connectivity index (χ1) is 7.95. The third-order valence-corrected chi connectivity index (χ3v) is 3.55. The van der Waals surface area contributed by atoms with Gasteiger partial charge in [0.1, 0.15) is 6.04 Å². The van der Waals surface area contributed by atoms with Crippen molar-refractivity contribution in [3.63, 3.8) is 0 Å². The average Bonchev–Trinajstić information content (AvgIpc) is 2.27. The Hall–Kier alpha value is -1.10. The summed E-state index contributed by atoms with van der Waals surface area (Å²) in [5.41, 5.74) is 5.86. The number of amides is 2. The van der Waals surface area contributed by atoms with Crippen molar-refractivity contribution in [1.29, 1.82) is 0 Å². The Morgan fingerprint density at radius 2 is 2.00 bits per heavy atom. The molecule has 1 fully saturated rings. The molecule has 17 heavy (non-hydrogen) atoms. The predicted molar refractivity (Wildman–Crippen MR) is 66.2 cm³/mol. The van der Waals surface area contributed by atoms with E-state index in [4.69, 9.17) is 5.73 Å². The summed E-state index contributed by atoms with van der Waals surface area (Å²) in [5, 5.41) is 5.27. The molecular weight excluding hydrogens is 218 g/mol. The maximum absolute atomic E-state index is 12.0. The number of nitrogens with two attached hydrogens (primary N) is 1. The Bertz CT molecular complexity index is 293. The van der Waals surface area contributed by atoms with Gasteiger partial charge in [0.2, 0.25) is 11.8 Å². The van der Waals surface area contributed by atoms with Gasteiger partial charge in [-0.15, -0.1) is 0 Å². The molecule has 1 aliphatic rings. The van der Waals surface area contributed by atoms with Crippen LogP contribution in [-0.4, -0.2) is 30.9 Å². The molecule has 2 amide bonds. The minimum atomic E-state index is -0.477. The highest BCUT2D eigenvalue weighted by Gasteiger charge is 2.31. The third kappa shape index (κ3) is 3.70. The summed E-state index contributed by atoms with van der Waals surface area (Å²) in [5.74, 6) is 0.0801. The summed E-state index contributed by atoms with van der Waals surface area (Å²) >= 11 is 0. The van der Waals surface area contributed by atoms with Gasteiger partial charge < -0.3 is 16.4 Å². The first-order valence-electron chi connectivity index (χ1n) is 6.23. The van der Waals surface area contributed by atoms with Gasteiger partial charge in [-0.1, -0.05) is 6.92 Å². The van der Waals surface area contributed by atoms with Crippen molar-refractivity contribution in [2.75, 3.05) is 7.05 Å². The predicted octanol–water partition coefficient (Wildman–Crippen LogP) is 0.000600. The van der Waals surface area contributed by atoms with Crippen molar-refractivity contribution in [3.8, 4) is 0 Å². The number of likely N-dealkylation sites (N-methyl/N-ethyl adjacent to an activating group) is 1. The maximum atomic E-state index is 12.0. The number of hydrogen-bond acceptors (Lipinski definition) is 3. The van der Waals surface area contributed by atoms with Crippen LogP contribution in [0.25, 0.3) is 0 Å². The molecule has 0 bridgehead atoms. The Labute approximate surface area is 103 Å². The molecule has 4 unspecified atom stereocenters. The minimum absolute atomic E-state index is 0.0121. The topological polar surface area (TPSA) is 84.2 Å². The normalized spacial score (nSPS) is 30.5. The van der Waals surface area contributed by atoms with Crippen LogP contribution in [-0.2, 0) is 9.59 Å². The maximum Gasteiger partial charge on any atom is 0.242 e. The first kappa shape index (κ1) is 14.0. The largest absolute Gasteiger partial charge is 0.357 e. The van der Waals surface area contributed by atoms with E-state index in [9.17, 15) is 9.59 Å². The molecule has 4 N–H and O–H groups in total. The van der Waals surface area contributed by atoms with Crippen LogP contribution in [0.1, 0.15) is 33.1 Å². The van der Waals surface area contributed by atoms with Gasteiger partial charge in [0.15, 0.2) is 0 Å². The van der Waals surface area contributed by atoms with Gasteiger partial charge in [-0.25, -0.2) is 0 Å². The van der Waals surface area contributed by atoms with Gasteiger partial charge in [0, 0.05) is 19.0 Å². The van der Waals surface area contributed by atoms with Crippen molar-refractivity contribution in [1.82, 2.24) is 10.6 Å². The highest BCUT2D eigenvalue weighted by molar-refractivity contribution is 5.88. The molecule has 5 nitrogen and oxygen atoms in total. The third-order valence-electron chi connectivity index (χ3n) is 3.55.